The highest BCUT2D eigenvalue weighted by molar-refractivity contribution is 5.91. The number of nitriles is 1. The van der Waals surface area contributed by atoms with E-state index in [2.05, 4.69) is 11.0 Å². The maximum absolute atomic E-state index is 11.5. The third-order valence-electron chi connectivity index (χ3n) is 5.38. The van der Waals surface area contributed by atoms with Crippen LogP contribution in [0.1, 0.15) is 39.9 Å². The molecule has 27 heavy (non-hydrogen) atoms. The summed E-state index contributed by atoms with van der Waals surface area (Å²) in [5, 5.41) is 18.7. The first-order valence-corrected chi connectivity index (χ1v) is 9.18. The van der Waals surface area contributed by atoms with Gasteiger partial charge in [-0.15, -0.1) is 0 Å². The smallest absolute Gasteiger partial charge is 0.339 e. The van der Waals surface area contributed by atoms with Crippen LogP contribution in [0.5, 0.6) is 5.75 Å². The molecule has 1 fully saturated rings. The SMILES string of the molecule is COc1cc(C)c(CC2CCN(c3ccccc3C#N)CC2)cc1C(=O)O. The number of aryl methyl sites for hydroxylation is 1. The molecular formula is C22H24N2O3. The number of methoxy groups -OCH3 is 1. The van der Waals surface area contributed by atoms with Gasteiger partial charge in [-0.1, -0.05) is 12.1 Å². The van der Waals surface area contributed by atoms with Crippen LogP contribution in [0.4, 0.5) is 5.69 Å². The molecule has 140 valence electrons. The molecule has 0 saturated carbocycles. The van der Waals surface area contributed by atoms with Crippen molar-refractivity contribution < 1.29 is 14.6 Å². The number of ether oxygens (including phenoxy) is 1. The zero-order chi connectivity index (χ0) is 19.4. The summed E-state index contributed by atoms with van der Waals surface area (Å²) in [7, 11) is 1.50. The summed E-state index contributed by atoms with van der Waals surface area (Å²) < 4.78 is 5.20. The van der Waals surface area contributed by atoms with Gasteiger partial charge in [0.1, 0.15) is 17.4 Å². The van der Waals surface area contributed by atoms with Gasteiger partial charge in [0.15, 0.2) is 0 Å². The Hall–Kier alpha value is -3.00. The van der Waals surface area contributed by atoms with Gasteiger partial charge in [0, 0.05) is 13.1 Å². The van der Waals surface area contributed by atoms with E-state index in [1.54, 1.807) is 6.07 Å². The summed E-state index contributed by atoms with van der Waals surface area (Å²) in [4.78, 5) is 13.8. The molecule has 1 aliphatic heterocycles. The van der Waals surface area contributed by atoms with E-state index in [1.165, 1.54) is 7.11 Å². The predicted octanol–water partition coefficient (Wildman–Crippen LogP) is 4.03. The molecule has 2 aromatic carbocycles. The number of carbonyl (C=O) groups is 1. The molecule has 1 heterocycles. The van der Waals surface area contributed by atoms with E-state index in [0.717, 1.165) is 49.2 Å². The standard InChI is InChI=1S/C22H24N2O3/c1-15-11-21(27-2)19(22(25)26)13-18(15)12-16-7-9-24(10-8-16)20-6-4-3-5-17(20)14-23/h3-6,11,13,16H,7-10,12H2,1-2H3,(H,25,26). The topological polar surface area (TPSA) is 73.6 Å². The van der Waals surface area contributed by atoms with Gasteiger partial charge in [0.05, 0.1) is 18.4 Å². The first-order valence-electron chi connectivity index (χ1n) is 9.18. The highest BCUT2D eigenvalue weighted by atomic mass is 16.5. The number of hydrogen-bond donors (Lipinski definition) is 1. The molecule has 5 nitrogen and oxygen atoms in total. The molecule has 1 saturated heterocycles. The van der Waals surface area contributed by atoms with E-state index >= 15 is 0 Å². The van der Waals surface area contributed by atoms with Crippen LogP contribution in [0.25, 0.3) is 0 Å². The van der Waals surface area contributed by atoms with Crippen LogP contribution in [0.15, 0.2) is 36.4 Å². The summed E-state index contributed by atoms with van der Waals surface area (Å²) in [6.07, 6.45) is 2.91. The van der Waals surface area contributed by atoms with Crippen molar-refractivity contribution in [3.8, 4) is 11.8 Å². The van der Waals surface area contributed by atoms with Crippen molar-refractivity contribution in [1.29, 1.82) is 5.26 Å². The number of rotatable bonds is 5. The minimum absolute atomic E-state index is 0.221. The van der Waals surface area contributed by atoms with E-state index < -0.39 is 5.97 Å². The lowest BCUT2D eigenvalue weighted by molar-refractivity contribution is 0.0693. The summed E-state index contributed by atoms with van der Waals surface area (Å²) >= 11 is 0. The Morgan fingerprint density at radius 1 is 1.30 bits per heavy atom. The molecule has 0 bridgehead atoms. The van der Waals surface area contributed by atoms with Gasteiger partial charge in [-0.2, -0.15) is 5.26 Å². The lowest BCUT2D eigenvalue weighted by Gasteiger charge is -2.34. The van der Waals surface area contributed by atoms with Gasteiger partial charge in [-0.05, 0) is 67.5 Å². The quantitative estimate of drug-likeness (QED) is 0.867. The fourth-order valence-electron chi connectivity index (χ4n) is 3.82. The number of benzene rings is 2. The van der Waals surface area contributed by atoms with E-state index in [-0.39, 0.29) is 5.56 Å². The molecule has 1 aliphatic rings. The van der Waals surface area contributed by atoms with Crippen LogP contribution in [0.2, 0.25) is 0 Å². The Balaban J connectivity index is 1.70. The molecule has 0 amide bonds. The zero-order valence-electron chi connectivity index (χ0n) is 15.7. The Morgan fingerprint density at radius 2 is 2.00 bits per heavy atom. The monoisotopic (exact) mass is 364 g/mol. The van der Waals surface area contributed by atoms with Crippen molar-refractivity contribution in [3.05, 3.63) is 58.7 Å². The van der Waals surface area contributed by atoms with E-state index in [4.69, 9.17) is 4.74 Å². The maximum atomic E-state index is 11.5. The summed E-state index contributed by atoms with van der Waals surface area (Å²) in [5.41, 5.74) is 4.08. The minimum atomic E-state index is -0.962. The third kappa shape index (κ3) is 4.06. The van der Waals surface area contributed by atoms with Gasteiger partial charge in [-0.3, -0.25) is 0 Å². The number of nitrogens with zero attached hydrogens (tertiary/aromatic N) is 2. The second-order valence-electron chi connectivity index (χ2n) is 7.05. The lowest BCUT2D eigenvalue weighted by Crippen LogP contribution is -2.34. The average Bonchev–Trinajstić information content (AvgIpc) is 2.69. The highest BCUT2D eigenvalue weighted by Gasteiger charge is 2.23. The largest absolute Gasteiger partial charge is 0.496 e. The fourth-order valence-corrected chi connectivity index (χ4v) is 3.82. The summed E-state index contributed by atoms with van der Waals surface area (Å²) in [5.74, 6) is -0.0491. The summed E-state index contributed by atoms with van der Waals surface area (Å²) in [6, 6.07) is 13.6. The average molecular weight is 364 g/mol. The number of para-hydroxylation sites is 1. The van der Waals surface area contributed by atoms with Gasteiger partial charge in [0.2, 0.25) is 0 Å². The molecule has 2 aromatic rings. The molecule has 0 aromatic heterocycles. The van der Waals surface area contributed by atoms with Crippen LogP contribution < -0.4 is 9.64 Å². The fraction of sp³-hybridized carbons (Fsp3) is 0.364. The molecular weight excluding hydrogens is 340 g/mol. The van der Waals surface area contributed by atoms with Crippen molar-refractivity contribution >= 4 is 11.7 Å². The van der Waals surface area contributed by atoms with Crippen molar-refractivity contribution in [3.63, 3.8) is 0 Å². The molecule has 0 radical (unpaired) electrons. The van der Waals surface area contributed by atoms with Crippen LogP contribution in [0, 0.1) is 24.2 Å². The molecule has 1 N–H and O–H groups in total. The maximum Gasteiger partial charge on any atom is 0.339 e. The number of carboxylic acids is 1. The highest BCUT2D eigenvalue weighted by Crippen LogP contribution is 2.30. The van der Waals surface area contributed by atoms with Crippen molar-refractivity contribution in [1.82, 2.24) is 0 Å². The zero-order valence-corrected chi connectivity index (χ0v) is 15.7. The van der Waals surface area contributed by atoms with Gasteiger partial charge in [0.25, 0.3) is 0 Å². The first-order chi connectivity index (χ1) is 13.0. The second-order valence-corrected chi connectivity index (χ2v) is 7.05. The molecule has 0 spiro atoms. The van der Waals surface area contributed by atoms with Crippen molar-refractivity contribution in [2.24, 2.45) is 5.92 Å². The van der Waals surface area contributed by atoms with Crippen molar-refractivity contribution in [2.45, 2.75) is 26.2 Å². The second kappa shape index (κ2) is 8.13. The number of piperidine rings is 1. The first kappa shape index (κ1) is 18.8. The van der Waals surface area contributed by atoms with E-state index in [0.29, 0.717) is 17.2 Å². The lowest BCUT2D eigenvalue weighted by atomic mass is 9.87. The van der Waals surface area contributed by atoms with Gasteiger partial charge >= 0.3 is 5.97 Å². The molecule has 0 unspecified atom stereocenters. The van der Waals surface area contributed by atoms with Crippen LogP contribution in [-0.4, -0.2) is 31.3 Å². The van der Waals surface area contributed by atoms with Crippen LogP contribution in [-0.2, 0) is 6.42 Å². The van der Waals surface area contributed by atoms with Crippen molar-refractivity contribution in [2.75, 3.05) is 25.1 Å². The van der Waals surface area contributed by atoms with E-state index in [1.807, 2.05) is 37.3 Å². The molecule has 5 heteroatoms. The molecule has 0 aliphatic carbocycles. The summed E-state index contributed by atoms with van der Waals surface area (Å²) in [6.45, 7) is 3.82. The predicted molar refractivity (Wildman–Crippen MR) is 104 cm³/mol. The molecule has 3 rings (SSSR count). The van der Waals surface area contributed by atoms with Crippen LogP contribution >= 0.6 is 0 Å². The number of anilines is 1. The normalized spacial score (nSPS) is 14.6. The Morgan fingerprint density at radius 3 is 2.63 bits per heavy atom. The molecule has 0 atom stereocenters. The minimum Gasteiger partial charge on any atom is -0.496 e. The van der Waals surface area contributed by atoms with Gasteiger partial charge < -0.3 is 14.7 Å². The van der Waals surface area contributed by atoms with Crippen LogP contribution in [0.3, 0.4) is 0 Å². The number of hydrogen-bond acceptors (Lipinski definition) is 4. The number of aromatic carboxylic acids is 1. The number of carboxylic acid groups (broad SMARTS) is 1. The Bertz CT molecular complexity index is 878. The Labute approximate surface area is 159 Å². The third-order valence-corrected chi connectivity index (χ3v) is 5.38. The van der Waals surface area contributed by atoms with Gasteiger partial charge in [-0.25, -0.2) is 4.79 Å². The van der Waals surface area contributed by atoms with E-state index in [9.17, 15) is 15.2 Å². The Kier molecular flexibility index (Phi) is 5.66.